The van der Waals surface area contributed by atoms with E-state index in [0.29, 0.717) is 26.9 Å². The first-order chi connectivity index (χ1) is 15.7. The normalized spacial score (nSPS) is 11.8. The van der Waals surface area contributed by atoms with Gasteiger partial charge >= 0.3 is 0 Å². The Bertz CT molecular complexity index is 1590. The number of hydrogen-bond acceptors (Lipinski definition) is 9. The number of benzene rings is 3. The van der Waals surface area contributed by atoms with Crippen molar-refractivity contribution in [3.8, 4) is 39.2 Å². The Hall–Kier alpha value is -3.48. The van der Waals surface area contributed by atoms with Gasteiger partial charge in [0.05, 0.1) is 9.79 Å². The number of rotatable bonds is 4. The lowest BCUT2D eigenvalue weighted by Crippen LogP contribution is -2.02. The van der Waals surface area contributed by atoms with Crippen molar-refractivity contribution < 1.29 is 23.7 Å². The van der Waals surface area contributed by atoms with Crippen LogP contribution in [-0.2, 0) is 9.84 Å². The van der Waals surface area contributed by atoms with Crippen molar-refractivity contribution in [2.24, 2.45) is 0 Å². The Labute approximate surface area is 199 Å². The van der Waals surface area contributed by atoms with E-state index >= 15 is 0 Å². The molecule has 3 N–H and O–H groups in total. The van der Waals surface area contributed by atoms with E-state index in [0.717, 1.165) is 4.47 Å². The number of sulfone groups is 1. The summed E-state index contributed by atoms with van der Waals surface area (Å²) in [4.78, 5) is 0.787. The van der Waals surface area contributed by atoms with Gasteiger partial charge in [-0.3, -0.25) is 0 Å². The number of halogens is 1. The van der Waals surface area contributed by atoms with Crippen LogP contribution in [0.2, 0.25) is 0 Å². The molecule has 0 saturated carbocycles. The molecule has 0 radical (unpaired) electrons. The predicted octanol–water partition coefficient (Wildman–Crippen LogP) is 4.23. The number of aromatic hydroxyl groups is 3. The zero-order chi connectivity index (χ0) is 23.3. The van der Waals surface area contributed by atoms with Crippen LogP contribution in [0.25, 0.3) is 26.9 Å². The maximum atomic E-state index is 12.9. The van der Waals surface area contributed by atoms with Gasteiger partial charge in [-0.1, -0.05) is 27.3 Å². The highest BCUT2D eigenvalue weighted by Gasteiger charge is 2.20. The SMILES string of the molecule is O=S(=O)(c1ccc(Br)cc1)c1ccc(-c2nnc3sc(-c4cc(O)c(O)c(O)c4)nn23)cc1. The zero-order valence-electron chi connectivity index (χ0n) is 16.4. The highest BCUT2D eigenvalue weighted by atomic mass is 79.9. The summed E-state index contributed by atoms with van der Waals surface area (Å²) in [5, 5.41) is 42.2. The molecule has 2 heterocycles. The van der Waals surface area contributed by atoms with Crippen LogP contribution in [0.1, 0.15) is 0 Å². The third-order valence-electron chi connectivity index (χ3n) is 4.85. The van der Waals surface area contributed by atoms with Crippen LogP contribution in [0, 0.1) is 0 Å². The van der Waals surface area contributed by atoms with Gasteiger partial charge in [0.1, 0.15) is 5.01 Å². The van der Waals surface area contributed by atoms with E-state index in [1.54, 1.807) is 24.3 Å². The van der Waals surface area contributed by atoms with E-state index in [1.165, 1.54) is 52.3 Å². The van der Waals surface area contributed by atoms with Gasteiger partial charge < -0.3 is 15.3 Å². The molecule has 2 aromatic heterocycles. The Morgan fingerprint density at radius 2 is 1.39 bits per heavy atom. The van der Waals surface area contributed by atoms with Crippen molar-refractivity contribution in [1.82, 2.24) is 19.8 Å². The molecule has 0 bridgehead atoms. The molecular formula is C21H13BrN4O5S2. The van der Waals surface area contributed by atoms with Gasteiger partial charge in [-0.25, -0.2) is 8.42 Å². The lowest BCUT2D eigenvalue weighted by atomic mass is 10.2. The van der Waals surface area contributed by atoms with Crippen molar-refractivity contribution in [3.63, 3.8) is 0 Å². The zero-order valence-corrected chi connectivity index (χ0v) is 19.6. The fourth-order valence-corrected chi connectivity index (χ4v) is 5.53. The van der Waals surface area contributed by atoms with Gasteiger partial charge in [-0.15, -0.1) is 10.2 Å². The minimum Gasteiger partial charge on any atom is -0.504 e. The summed E-state index contributed by atoms with van der Waals surface area (Å²) in [5.74, 6) is -1.16. The molecule has 0 aliphatic rings. The summed E-state index contributed by atoms with van der Waals surface area (Å²) in [5.41, 5.74) is 0.991. The smallest absolute Gasteiger partial charge is 0.235 e. The Balaban J connectivity index is 1.51. The monoisotopic (exact) mass is 544 g/mol. The van der Waals surface area contributed by atoms with Crippen LogP contribution in [-0.4, -0.2) is 43.5 Å². The van der Waals surface area contributed by atoms with Gasteiger partial charge in [-0.05, 0) is 60.7 Å². The summed E-state index contributed by atoms with van der Waals surface area (Å²) in [6, 6.07) is 15.2. The largest absolute Gasteiger partial charge is 0.504 e. The Morgan fingerprint density at radius 3 is 2.00 bits per heavy atom. The Kier molecular flexibility index (Phi) is 5.07. The summed E-state index contributed by atoms with van der Waals surface area (Å²) in [6.07, 6.45) is 0. The van der Waals surface area contributed by atoms with E-state index in [9.17, 15) is 23.7 Å². The van der Waals surface area contributed by atoms with Gasteiger partial charge in [-0.2, -0.15) is 9.61 Å². The van der Waals surface area contributed by atoms with Crippen LogP contribution < -0.4 is 0 Å². The average Bonchev–Trinajstić information content (AvgIpc) is 3.39. The number of aromatic nitrogens is 4. The first-order valence-electron chi connectivity index (χ1n) is 9.33. The molecule has 0 aliphatic heterocycles. The minimum absolute atomic E-state index is 0.142. The maximum absolute atomic E-state index is 12.9. The fraction of sp³-hybridized carbons (Fsp3) is 0. The van der Waals surface area contributed by atoms with E-state index < -0.39 is 27.1 Å². The average molecular weight is 545 g/mol. The van der Waals surface area contributed by atoms with Gasteiger partial charge in [0.2, 0.25) is 14.8 Å². The van der Waals surface area contributed by atoms with Crippen molar-refractivity contribution in [2.45, 2.75) is 9.79 Å². The molecule has 5 rings (SSSR count). The molecule has 0 aliphatic carbocycles. The summed E-state index contributed by atoms with van der Waals surface area (Å²) in [7, 11) is -3.67. The molecule has 5 aromatic rings. The van der Waals surface area contributed by atoms with Crippen LogP contribution in [0.5, 0.6) is 17.2 Å². The number of fused-ring (bicyclic) bond motifs is 1. The summed E-state index contributed by atoms with van der Waals surface area (Å²) >= 11 is 4.47. The van der Waals surface area contributed by atoms with Crippen LogP contribution in [0.4, 0.5) is 0 Å². The van der Waals surface area contributed by atoms with Crippen LogP contribution in [0.3, 0.4) is 0 Å². The maximum Gasteiger partial charge on any atom is 0.235 e. The lowest BCUT2D eigenvalue weighted by molar-refractivity contribution is 0.368. The molecule has 0 fully saturated rings. The summed E-state index contributed by atoms with van der Waals surface area (Å²) < 4.78 is 28.0. The number of hydrogen-bond donors (Lipinski definition) is 3. The number of nitrogens with zero attached hydrogens (tertiary/aromatic N) is 4. The van der Waals surface area contributed by atoms with E-state index in [4.69, 9.17) is 0 Å². The lowest BCUT2D eigenvalue weighted by Gasteiger charge is -2.06. The standard InChI is InChI=1S/C21H13BrN4O5S2/c22-13-3-7-15(8-4-13)33(30,31)14-5-1-11(2-6-14)19-23-24-21-26(19)25-20(32-21)12-9-16(27)18(29)17(28)10-12/h1-10,27-29H. The van der Waals surface area contributed by atoms with Crippen molar-refractivity contribution >= 4 is 42.1 Å². The molecule has 3 aromatic carbocycles. The van der Waals surface area contributed by atoms with E-state index in [2.05, 4.69) is 31.2 Å². The van der Waals surface area contributed by atoms with Crippen molar-refractivity contribution in [3.05, 3.63) is 65.1 Å². The third-order valence-corrected chi connectivity index (χ3v) is 8.12. The molecule has 166 valence electrons. The highest BCUT2D eigenvalue weighted by Crippen LogP contribution is 2.40. The molecule has 33 heavy (non-hydrogen) atoms. The molecule has 0 saturated heterocycles. The van der Waals surface area contributed by atoms with Crippen LogP contribution in [0.15, 0.2) is 74.9 Å². The number of phenolic OH excluding ortho intramolecular Hbond substituents is 3. The minimum atomic E-state index is -3.67. The first kappa shape index (κ1) is 21.4. The van der Waals surface area contributed by atoms with E-state index in [1.807, 2.05) is 0 Å². The van der Waals surface area contributed by atoms with Gasteiger partial charge in [0, 0.05) is 15.6 Å². The molecule has 9 nitrogen and oxygen atoms in total. The van der Waals surface area contributed by atoms with Crippen LogP contribution >= 0.6 is 27.3 Å². The van der Waals surface area contributed by atoms with E-state index in [-0.39, 0.29) is 9.79 Å². The van der Waals surface area contributed by atoms with Crippen molar-refractivity contribution in [1.29, 1.82) is 0 Å². The van der Waals surface area contributed by atoms with Gasteiger partial charge in [0.25, 0.3) is 0 Å². The second kappa shape index (κ2) is 7.83. The predicted molar refractivity (Wildman–Crippen MR) is 124 cm³/mol. The fourth-order valence-electron chi connectivity index (χ4n) is 3.17. The molecule has 0 atom stereocenters. The highest BCUT2D eigenvalue weighted by molar-refractivity contribution is 9.10. The second-order valence-corrected chi connectivity index (χ2v) is 10.8. The summed E-state index contributed by atoms with van der Waals surface area (Å²) in [6.45, 7) is 0. The topological polar surface area (TPSA) is 138 Å². The molecule has 0 amide bonds. The number of phenols is 3. The third kappa shape index (κ3) is 3.71. The second-order valence-electron chi connectivity index (χ2n) is 6.97. The van der Waals surface area contributed by atoms with Crippen molar-refractivity contribution in [2.75, 3.05) is 0 Å². The molecule has 0 spiro atoms. The Morgan fingerprint density at radius 1 is 0.818 bits per heavy atom. The molecule has 0 unspecified atom stereocenters. The quantitative estimate of drug-likeness (QED) is 0.285. The molecular weight excluding hydrogens is 532 g/mol. The van der Waals surface area contributed by atoms with Gasteiger partial charge in [0.15, 0.2) is 23.1 Å². The first-order valence-corrected chi connectivity index (χ1v) is 12.4. The molecule has 12 heteroatoms.